The van der Waals surface area contributed by atoms with Gasteiger partial charge in [-0.1, -0.05) is 30.3 Å². The molecule has 132 valence electrons. The fraction of sp³-hybridized carbons (Fsp3) is 0.368. The Labute approximate surface area is 155 Å². The predicted octanol–water partition coefficient (Wildman–Crippen LogP) is 3.50. The van der Waals surface area contributed by atoms with Crippen molar-refractivity contribution in [1.29, 1.82) is 0 Å². The van der Waals surface area contributed by atoms with Gasteiger partial charge < -0.3 is 4.90 Å². The van der Waals surface area contributed by atoms with Crippen molar-refractivity contribution in [3.05, 3.63) is 53.1 Å². The Bertz CT molecular complexity index is 959. The van der Waals surface area contributed by atoms with E-state index in [1.165, 1.54) is 24.2 Å². The fourth-order valence-corrected chi connectivity index (χ4v) is 4.21. The largest absolute Gasteiger partial charge is 0.325 e. The molecule has 1 amide bonds. The minimum Gasteiger partial charge on any atom is -0.325 e. The standard InChI is InChI=1S/C19H19N5OS/c1-12-17-21-16(13-7-8-13)22-24(17)10-9-23(12)19(25)15-11-26-18(20-15)14-5-3-2-4-6-14/h2-6,11-13H,7-10H2,1H3/t12-/m1/s1. The molecule has 1 aliphatic carbocycles. The minimum atomic E-state index is -0.0851. The van der Waals surface area contributed by atoms with Crippen LogP contribution in [0.5, 0.6) is 0 Å². The first-order chi connectivity index (χ1) is 12.7. The summed E-state index contributed by atoms with van der Waals surface area (Å²) in [6.07, 6.45) is 2.36. The third kappa shape index (κ3) is 2.63. The molecule has 0 spiro atoms. The zero-order valence-corrected chi connectivity index (χ0v) is 15.3. The molecule has 1 saturated carbocycles. The molecule has 0 radical (unpaired) electrons. The maximum absolute atomic E-state index is 13.0. The molecule has 3 heterocycles. The smallest absolute Gasteiger partial charge is 0.274 e. The lowest BCUT2D eigenvalue weighted by Crippen LogP contribution is -2.41. The van der Waals surface area contributed by atoms with Crippen LogP contribution in [0.2, 0.25) is 0 Å². The van der Waals surface area contributed by atoms with Gasteiger partial charge in [-0.15, -0.1) is 11.3 Å². The molecular formula is C19H19N5OS. The van der Waals surface area contributed by atoms with Crippen LogP contribution in [0.15, 0.2) is 35.7 Å². The molecule has 0 bridgehead atoms. The summed E-state index contributed by atoms with van der Waals surface area (Å²) in [6, 6.07) is 9.88. The zero-order chi connectivity index (χ0) is 17.7. The van der Waals surface area contributed by atoms with Crippen LogP contribution in [0, 0.1) is 0 Å². The van der Waals surface area contributed by atoms with Crippen molar-refractivity contribution in [3.8, 4) is 10.6 Å². The third-order valence-electron chi connectivity index (χ3n) is 5.06. The summed E-state index contributed by atoms with van der Waals surface area (Å²) < 4.78 is 1.97. The van der Waals surface area contributed by atoms with E-state index < -0.39 is 0 Å². The van der Waals surface area contributed by atoms with Crippen molar-refractivity contribution in [1.82, 2.24) is 24.6 Å². The lowest BCUT2D eigenvalue weighted by atomic mass is 10.2. The van der Waals surface area contributed by atoms with Crippen LogP contribution in [0.1, 0.15) is 53.9 Å². The number of rotatable bonds is 3. The number of hydrogen-bond acceptors (Lipinski definition) is 5. The fourth-order valence-electron chi connectivity index (χ4n) is 3.41. The highest BCUT2D eigenvalue weighted by atomic mass is 32.1. The van der Waals surface area contributed by atoms with Crippen molar-refractivity contribution in [2.75, 3.05) is 6.54 Å². The maximum atomic E-state index is 13.0. The number of amides is 1. The average molecular weight is 365 g/mol. The topological polar surface area (TPSA) is 63.9 Å². The van der Waals surface area contributed by atoms with Crippen LogP contribution >= 0.6 is 11.3 Å². The van der Waals surface area contributed by atoms with Gasteiger partial charge in [-0.25, -0.2) is 14.6 Å². The van der Waals surface area contributed by atoms with E-state index in [1.807, 2.05) is 52.2 Å². The van der Waals surface area contributed by atoms with Crippen LogP contribution in [0.25, 0.3) is 10.6 Å². The molecule has 1 fully saturated rings. The van der Waals surface area contributed by atoms with E-state index in [9.17, 15) is 4.79 Å². The first-order valence-corrected chi connectivity index (χ1v) is 9.85. The number of fused-ring (bicyclic) bond motifs is 1. The second-order valence-electron chi connectivity index (χ2n) is 6.90. The normalized spacial score (nSPS) is 19.4. The summed E-state index contributed by atoms with van der Waals surface area (Å²) in [5.41, 5.74) is 1.55. The molecule has 0 N–H and O–H groups in total. The van der Waals surface area contributed by atoms with Crippen molar-refractivity contribution in [2.24, 2.45) is 0 Å². The SMILES string of the molecule is C[C@@H]1c2nc(C3CC3)nn2CCN1C(=O)c1csc(-c2ccccc2)n1. The van der Waals surface area contributed by atoms with E-state index >= 15 is 0 Å². The molecule has 2 aromatic heterocycles. The van der Waals surface area contributed by atoms with Gasteiger partial charge in [0.15, 0.2) is 5.82 Å². The first-order valence-electron chi connectivity index (χ1n) is 8.97. The van der Waals surface area contributed by atoms with E-state index in [1.54, 1.807) is 0 Å². The Morgan fingerprint density at radius 1 is 1.15 bits per heavy atom. The number of benzene rings is 1. The number of aromatic nitrogens is 4. The number of nitrogens with zero attached hydrogens (tertiary/aromatic N) is 5. The Morgan fingerprint density at radius 3 is 2.73 bits per heavy atom. The van der Waals surface area contributed by atoms with E-state index in [0.29, 0.717) is 24.7 Å². The maximum Gasteiger partial charge on any atom is 0.274 e. The van der Waals surface area contributed by atoms with E-state index in [-0.39, 0.29) is 11.9 Å². The summed E-state index contributed by atoms with van der Waals surface area (Å²) in [5, 5.41) is 7.35. The van der Waals surface area contributed by atoms with Crippen LogP contribution in [0.4, 0.5) is 0 Å². The Hall–Kier alpha value is -2.54. The molecule has 5 rings (SSSR count). The monoisotopic (exact) mass is 365 g/mol. The highest BCUT2D eigenvalue weighted by Crippen LogP contribution is 2.39. The first kappa shape index (κ1) is 15.7. The second kappa shape index (κ2) is 6.02. The van der Waals surface area contributed by atoms with Gasteiger partial charge >= 0.3 is 0 Å². The molecule has 1 aliphatic heterocycles. The van der Waals surface area contributed by atoms with Gasteiger partial charge in [0.2, 0.25) is 0 Å². The highest BCUT2D eigenvalue weighted by molar-refractivity contribution is 7.13. The van der Waals surface area contributed by atoms with Gasteiger partial charge in [0.1, 0.15) is 16.5 Å². The van der Waals surface area contributed by atoms with E-state index in [2.05, 4.69) is 10.1 Å². The molecule has 1 atom stereocenters. The molecule has 0 saturated heterocycles. The van der Waals surface area contributed by atoms with Crippen molar-refractivity contribution >= 4 is 17.2 Å². The lowest BCUT2D eigenvalue weighted by Gasteiger charge is -2.32. The van der Waals surface area contributed by atoms with E-state index in [0.717, 1.165) is 22.2 Å². The van der Waals surface area contributed by atoms with E-state index in [4.69, 9.17) is 4.98 Å². The molecule has 7 heteroatoms. The summed E-state index contributed by atoms with van der Waals surface area (Å²) in [4.78, 5) is 24.2. The quantitative estimate of drug-likeness (QED) is 0.713. The van der Waals surface area contributed by atoms with Gasteiger partial charge in [0, 0.05) is 23.4 Å². The average Bonchev–Trinajstić information content (AvgIpc) is 3.23. The number of carbonyl (C=O) groups is 1. The molecule has 6 nitrogen and oxygen atoms in total. The predicted molar refractivity (Wildman–Crippen MR) is 99.0 cm³/mol. The highest BCUT2D eigenvalue weighted by Gasteiger charge is 2.35. The van der Waals surface area contributed by atoms with Crippen molar-refractivity contribution < 1.29 is 4.79 Å². The summed E-state index contributed by atoms with van der Waals surface area (Å²) >= 11 is 1.51. The Balaban J connectivity index is 1.39. The molecule has 0 unspecified atom stereocenters. The van der Waals surface area contributed by atoms with Gasteiger partial charge in [0.25, 0.3) is 5.91 Å². The number of thiazole rings is 1. The Kier molecular flexibility index (Phi) is 3.63. The van der Waals surface area contributed by atoms with Crippen molar-refractivity contribution in [2.45, 2.75) is 38.3 Å². The number of hydrogen-bond donors (Lipinski definition) is 0. The van der Waals surface area contributed by atoms with Gasteiger partial charge in [-0.3, -0.25) is 4.79 Å². The summed E-state index contributed by atoms with van der Waals surface area (Å²) in [6.45, 7) is 3.36. The molecule has 2 aliphatic rings. The molecular weight excluding hydrogens is 346 g/mol. The molecule has 26 heavy (non-hydrogen) atoms. The summed E-state index contributed by atoms with van der Waals surface area (Å²) in [5.74, 6) is 2.33. The van der Waals surface area contributed by atoms with Crippen LogP contribution < -0.4 is 0 Å². The second-order valence-corrected chi connectivity index (χ2v) is 7.76. The Morgan fingerprint density at radius 2 is 1.96 bits per heavy atom. The number of carbonyl (C=O) groups excluding carboxylic acids is 1. The minimum absolute atomic E-state index is 0.0295. The zero-order valence-electron chi connectivity index (χ0n) is 14.5. The van der Waals surface area contributed by atoms with Crippen molar-refractivity contribution in [3.63, 3.8) is 0 Å². The summed E-state index contributed by atoms with van der Waals surface area (Å²) in [7, 11) is 0. The third-order valence-corrected chi connectivity index (χ3v) is 5.95. The van der Waals surface area contributed by atoms with Crippen LogP contribution in [-0.2, 0) is 6.54 Å². The van der Waals surface area contributed by atoms with Gasteiger partial charge in [0.05, 0.1) is 12.6 Å². The van der Waals surface area contributed by atoms with Crippen LogP contribution in [-0.4, -0.2) is 37.1 Å². The van der Waals surface area contributed by atoms with Crippen LogP contribution in [0.3, 0.4) is 0 Å². The van der Waals surface area contributed by atoms with Gasteiger partial charge in [-0.2, -0.15) is 5.10 Å². The van der Waals surface area contributed by atoms with Gasteiger partial charge in [-0.05, 0) is 19.8 Å². The molecule has 3 aromatic rings. The lowest BCUT2D eigenvalue weighted by molar-refractivity contribution is 0.0625. The molecule has 1 aromatic carbocycles.